The van der Waals surface area contributed by atoms with Crippen LogP contribution in [0.15, 0.2) is 54.1 Å². The summed E-state index contributed by atoms with van der Waals surface area (Å²) in [5, 5.41) is 11.5. The number of allylic oxidation sites excluding steroid dienone is 2. The number of nitrogens with zero attached hydrogens (tertiary/aromatic N) is 2. The quantitative estimate of drug-likeness (QED) is 0.247. The highest BCUT2D eigenvalue weighted by Crippen LogP contribution is 2.67. The number of hydrogen-bond donors (Lipinski definition) is 1. The van der Waals surface area contributed by atoms with E-state index in [-0.39, 0.29) is 60.1 Å². The van der Waals surface area contributed by atoms with Crippen LogP contribution in [-0.2, 0) is 19.2 Å². The van der Waals surface area contributed by atoms with Gasteiger partial charge in [-0.25, -0.2) is 9.29 Å². The zero-order valence-corrected chi connectivity index (χ0v) is 26.2. The SMILES string of the molecule is CCOc1cccc(C2C3=CCC4C(=O)N(C5CCCCC5)C(=O)C4C3CC3(Cl)C(=O)N(c4ccc(F)cc4)C(=O)C23Cl)c1O. The van der Waals surface area contributed by atoms with Crippen LogP contribution in [0.2, 0.25) is 0 Å². The number of para-hydroxylation sites is 1. The highest BCUT2D eigenvalue weighted by molar-refractivity contribution is 6.58. The number of anilines is 1. The van der Waals surface area contributed by atoms with Gasteiger partial charge in [0, 0.05) is 17.5 Å². The van der Waals surface area contributed by atoms with E-state index >= 15 is 0 Å². The summed E-state index contributed by atoms with van der Waals surface area (Å²) in [4.78, 5) is 55.0. The number of amides is 4. The summed E-state index contributed by atoms with van der Waals surface area (Å²) in [5.74, 6) is -6.04. The number of imide groups is 2. The maximum absolute atomic E-state index is 14.5. The second kappa shape index (κ2) is 10.8. The number of halogens is 3. The van der Waals surface area contributed by atoms with Crippen LogP contribution in [0.4, 0.5) is 10.1 Å². The Morgan fingerprint density at radius 2 is 1.67 bits per heavy atom. The van der Waals surface area contributed by atoms with Crippen LogP contribution in [0.5, 0.6) is 11.5 Å². The van der Waals surface area contributed by atoms with E-state index < -0.39 is 51.1 Å². The Morgan fingerprint density at radius 3 is 2.36 bits per heavy atom. The van der Waals surface area contributed by atoms with Crippen molar-refractivity contribution in [3.63, 3.8) is 0 Å². The predicted octanol–water partition coefficient (Wildman–Crippen LogP) is 5.83. The average Bonchev–Trinajstić information content (AvgIpc) is 3.37. The molecule has 2 aromatic rings. The average molecular weight is 656 g/mol. The summed E-state index contributed by atoms with van der Waals surface area (Å²) in [7, 11) is 0. The standard InChI is InChI=1S/C34H33Cl2FN2O6/c1-2-45-25-10-6-9-23(28(25)40)27-21-15-16-22-26(30(42)38(29(22)41)19-7-4-3-5-8-19)24(21)17-33(35)31(43)39(32(44)34(27,33)36)20-13-11-18(37)12-14-20/h6,9-15,19,22,24,26-27,40H,2-5,7-8,16-17H2,1H3. The van der Waals surface area contributed by atoms with Crippen molar-refractivity contribution in [2.75, 3.05) is 11.5 Å². The van der Waals surface area contributed by atoms with Gasteiger partial charge in [-0.05, 0) is 68.9 Å². The van der Waals surface area contributed by atoms with Gasteiger partial charge in [-0.1, -0.05) is 43.0 Å². The molecule has 7 rings (SSSR count). The third-order valence-electron chi connectivity index (χ3n) is 10.5. The van der Waals surface area contributed by atoms with E-state index in [2.05, 4.69) is 0 Å². The second-order valence-corrected chi connectivity index (χ2v) is 14.0. The van der Waals surface area contributed by atoms with Gasteiger partial charge >= 0.3 is 0 Å². The minimum atomic E-state index is -2.13. The maximum Gasteiger partial charge on any atom is 0.258 e. The number of likely N-dealkylation sites (tertiary alicyclic amines) is 1. The third kappa shape index (κ3) is 4.15. The molecule has 6 atom stereocenters. The van der Waals surface area contributed by atoms with Gasteiger partial charge in [-0.3, -0.25) is 24.1 Å². The Kier molecular flexibility index (Phi) is 7.28. The minimum absolute atomic E-state index is 0.0947. The van der Waals surface area contributed by atoms with Crippen LogP contribution in [-0.4, -0.2) is 56.0 Å². The number of benzene rings is 2. The lowest BCUT2D eigenvalue weighted by Gasteiger charge is -2.50. The molecule has 0 radical (unpaired) electrons. The van der Waals surface area contributed by atoms with Crippen molar-refractivity contribution < 1.29 is 33.4 Å². The molecule has 4 amide bonds. The summed E-state index contributed by atoms with van der Waals surface area (Å²) >= 11 is 14.8. The Hall–Kier alpha value is -3.43. The molecule has 11 heteroatoms. The van der Waals surface area contributed by atoms with Crippen LogP contribution in [0.25, 0.3) is 0 Å². The molecule has 2 saturated carbocycles. The van der Waals surface area contributed by atoms with E-state index in [0.717, 1.165) is 49.1 Å². The molecule has 2 aliphatic heterocycles. The molecule has 236 valence electrons. The monoisotopic (exact) mass is 654 g/mol. The van der Waals surface area contributed by atoms with E-state index in [4.69, 9.17) is 27.9 Å². The zero-order chi connectivity index (χ0) is 31.8. The number of alkyl halides is 2. The number of fused-ring (bicyclic) bond motifs is 4. The Bertz CT molecular complexity index is 1640. The van der Waals surface area contributed by atoms with Gasteiger partial charge in [-0.2, -0.15) is 0 Å². The van der Waals surface area contributed by atoms with Gasteiger partial charge in [0.1, 0.15) is 5.82 Å². The molecule has 5 aliphatic rings. The molecule has 2 saturated heterocycles. The fraction of sp³-hybridized carbons (Fsp3) is 0.471. The third-order valence-corrected chi connectivity index (χ3v) is 11.9. The summed E-state index contributed by atoms with van der Waals surface area (Å²) in [6, 6.07) is 9.53. The minimum Gasteiger partial charge on any atom is -0.504 e. The van der Waals surface area contributed by atoms with E-state index in [1.54, 1.807) is 25.1 Å². The van der Waals surface area contributed by atoms with Crippen molar-refractivity contribution >= 4 is 52.5 Å². The molecule has 4 fully saturated rings. The fourth-order valence-corrected chi connectivity index (χ4v) is 9.44. The van der Waals surface area contributed by atoms with Crippen molar-refractivity contribution in [3.8, 4) is 11.5 Å². The molecule has 0 spiro atoms. The molecule has 2 aromatic carbocycles. The first kappa shape index (κ1) is 30.2. The normalized spacial score (nSPS) is 33.2. The first-order chi connectivity index (χ1) is 21.5. The summed E-state index contributed by atoms with van der Waals surface area (Å²) < 4.78 is 19.5. The molecule has 3 aliphatic carbocycles. The van der Waals surface area contributed by atoms with Crippen LogP contribution < -0.4 is 9.64 Å². The van der Waals surface area contributed by atoms with Gasteiger partial charge in [0.15, 0.2) is 21.2 Å². The number of carbonyl (C=O) groups is 4. The molecule has 6 unspecified atom stereocenters. The van der Waals surface area contributed by atoms with Crippen molar-refractivity contribution in [1.29, 1.82) is 0 Å². The molecular weight excluding hydrogens is 622 g/mol. The van der Waals surface area contributed by atoms with Gasteiger partial charge in [0.25, 0.3) is 11.8 Å². The van der Waals surface area contributed by atoms with E-state index in [9.17, 15) is 28.7 Å². The van der Waals surface area contributed by atoms with Crippen LogP contribution in [0, 0.1) is 23.6 Å². The molecule has 0 bridgehead atoms. The first-order valence-electron chi connectivity index (χ1n) is 15.6. The van der Waals surface area contributed by atoms with Crippen molar-refractivity contribution in [2.24, 2.45) is 17.8 Å². The lowest BCUT2D eigenvalue weighted by molar-refractivity contribution is -0.143. The number of phenols is 1. The van der Waals surface area contributed by atoms with E-state index in [1.807, 2.05) is 6.08 Å². The molecular formula is C34H33Cl2FN2O6. The number of hydrogen-bond acceptors (Lipinski definition) is 6. The smallest absolute Gasteiger partial charge is 0.258 e. The Morgan fingerprint density at radius 1 is 0.956 bits per heavy atom. The Labute approximate surface area is 270 Å². The largest absolute Gasteiger partial charge is 0.504 e. The number of ether oxygens (including phenoxy) is 1. The Balaban J connectivity index is 1.40. The lowest BCUT2D eigenvalue weighted by atomic mass is 9.56. The molecule has 1 N–H and O–H groups in total. The fourth-order valence-electron chi connectivity index (χ4n) is 8.51. The lowest BCUT2D eigenvalue weighted by Crippen LogP contribution is -2.60. The maximum atomic E-state index is 14.5. The molecule has 0 aromatic heterocycles. The molecule has 2 heterocycles. The topological polar surface area (TPSA) is 104 Å². The second-order valence-electron chi connectivity index (χ2n) is 12.7. The van der Waals surface area contributed by atoms with Crippen molar-refractivity contribution in [3.05, 3.63) is 65.5 Å². The number of rotatable bonds is 5. The molecule has 8 nitrogen and oxygen atoms in total. The van der Waals surface area contributed by atoms with Crippen molar-refractivity contribution in [1.82, 2.24) is 4.90 Å². The number of aromatic hydroxyl groups is 1. The number of phenolic OH excluding ortho intramolecular Hbond substituents is 1. The number of carbonyl (C=O) groups excluding carboxylic acids is 4. The summed E-state index contributed by atoms with van der Waals surface area (Å²) in [5.41, 5.74) is 0.899. The van der Waals surface area contributed by atoms with E-state index in [0.29, 0.717) is 5.57 Å². The van der Waals surface area contributed by atoms with Crippen LogP contribution in [0.1, 0.15) is 63.4 Å². The molecule has 45 heavy (non-hydrogen) atoms. The van der Waals surface area contributed by atoms with Crippen LogP contribution in [0.3, 0.4) is 0 Å². The van der Waals surface area contributed by atoms with Gasteiger partial charge < -0.3 is 9.84 Å². The summed E-state index contributed by atoms with van der Waals surface area (Å²) in [6.07, 6.45) is 6.38. The summed E-state index contributed by atoms with van der Waals surface area (Å²) in [6.45, 7) is 2.02. The van der Waals surface area contributed by atoms with Gasteiger partial charge in [-0.15, -0.1) is 23.2 Å². The highest BCUT2D eigenvalue weighted by Gasteiger charge is 2.77. The first-order valence-corrected chi connectivity index (χ1v) is 16.3. The predicted molar refractivity (Wildman–Crippen MR) is 165 cm³/mol. The van der Waals surface area contributed by atoms with Gasteiger partial charge in [0.05, 0.1) is 24.1 Å². The highest BCUT2D eigenvalue weighted by atomic mass is 35.5. The van der Waals surface area contributed by atoms with Gasteiger partial charge in [0.2, 0.25) is 11.8 Å². The van der Waals surface area contributed by atoms with Crippen LogP contribution >= 0.6 is 23.2 Å². The van der Waals surface area contributed by atoms with Crippen molar-refractivity contribution in [2.45, 2.75) is 73.6 Å². The zero-order valence-electron chi connectivity index (χ0n) is 24.7. The van der Waals surface area contributed by atoms with E-state index in [1.165, 1.54) is 17.0 Å².